The lowest BCUT2D eigenvalue weighted by Crippen LogP contribution is -2.22. The highest BCUT2D eigenvalue weighted by Gasteiger charge is 2.18. The second kappa shape index (κ2) is 6.18. The fourth-order valence-corrected chi connectivity index (χ4v) is 2.29. The van der Waals surface area contributed by atoms with Crippen LogP contribution in [0.3, 0.4) is 0 Å². The smallest absolute Gasteiger partial charge is 0.119 e. The zero-order valence-electron chi connectivity index (χ0n) is 10.6. The van der Waals surface area contributed by atoms with Gasteiger partial charge in [0, 0.05) is 7.11 Å². The minimum Gasteiger partial charge on any atom is -0.491 e. The summed E-state index contributed by atoms with van der Waals surface area (Å²) in [5.74, 6) is 0.734. The van der Waals surface area contributed by atoms with Crippen LogP contribution >= 0.6 is 0 Å². The van der Waals surface area contributed by atoms with Gasteiger partial charge in [-0.1, -0.05) is 6.07 Å². The Morgan fingerprint density at radius 2 is 2.22 bits per heavy atom. The second-order valence-corrected chi connectivity index (χ2v) is 4.69. The molecule has 0 bridgehead atoms. The predicted molar refractivity (Wildman–Crippen MR) is 67.7 cm³/mol. The van der Waals surface area contributed by atoms with Gasteiger partial charge >= 0.3 is 0 Å². The van der Waals surface area contributed by atoms with Crippen LogP contribution in [0.1, 0.15) is 30.1 Å². The van der Waals surface area contributed by atoms with E-state index in [4.69, 9.17) is 9.47 Å². The molecule has 4 nitrogen and oxygen atoms in total. The molecule has 0 amide bonds. The number of ether oxygens (including phenoxy) is 2. The van der Waals surface area contributed by atoms with Crippen molar-refractivity contribution in [2.24, 2.45) is 0 Å². The molecule has 100 valence electrons. The first kappa shape index (κ1) is 13.3. The van der Waals surface area contributed by atoms with Crippen LogP contribution in [-0.4, -0.2) is 36.6 Å². The quantitative estimate of drug-likeness (QED) is 0.832. The van der Waals surface area contributed by atoms with Crippen LogP contribution < -0.4 is 4.74 Å². The molecule has 2 atom stereocenters. The Bertz CT molecular complexity index is 391. The van der Waals surface area contributed by atoms with E-state index < -0.39 is 6.10 Å². The fourth-order valence-electron chi connectivity index (χ4n) is 2.29. The maximum Gasteiger partial charge on any atom is 0.119 e. The van der Waals surface area contributed by atoms with Crippen LogP contribution in [0.4, 0.5) is 0 Å². The van der Waals surface area contributed by atoms with Gasteiger partial charge < -0.3 is 19.7 Å². The van der Waals surface area contributed by atoms with Crippen molar-refractivity contribution >= 4 is 0 Å². The lowest BCUT2D eigenvalue weighted by Gasteiger charge is -2.22. The molecule has 1 aliphatic carbocycles. The van der Waals surface area contributed by atoms with Gasteiger partial charge in [-0.25, -0.2) is 0 Å². The molecular formula is C14H20O4. The van der Waals surface area contributed by atoms with Crippen molar-refractivity contribution in [3.63, 3.8) is 0 Å². The summed E-state index contributed by atoms with van der Waals surface area (Å²) < 4.78 is 10.3. The monoisotopic (exact) mass is 252 g/mol. The van der Waals surface area contributed by atoms with Crippen molar-refractivity contribution in [3.8, 4) is 5.75 Å². The Hall–Kier alpha value is -1.10. The number of hydrogen-bond acceptors (Lipinski definition) is 4. The van der Waals surface area contributed by atoms with E-state index in [2.05, 4.69) is 0 Å². The minimum atomic E-state index is -0.614. The summed E-state index contributed by atoms with van der Waals surface area (Å²) in [5.41, 5.74) is 2.15. The van der Waals surface area contributed by atoms with Gasteiger partial charge in [0.1, 0.15) is 18.5 Å². The maximum absolute atomic E-state index is 9.84. The molecule has 0 radical (unpaired) electrons. The molecule has 18 heavy (non-hydrogen) atoms. The molecule has 1 aromatic carbocycles. The summed E-state index contributed by atoms with van der Waals surface area (Å²) in [6.07, 6.45) is 1.85. The summed E-state index contributed by atoms with van der Waals surface area (Å²) in [6.45, 7) is 0.485. The van der Waals surface area contributed by atoms with Gasteiger partial charge in [0.05, 0.1) is 12.7 Å². The van der Waals surface area contributed by atoms with Crippen LogP contribution in [-0.2, 0) is 11.2 Å². The maximum atomic E-state index is 9.84. The molecule has 0 fully saturated rings. The van der Waals surface area contributed by atoms with E-state index in [1.165, 1.54) is 0 Å². The average molecular weight is 252 g/mol. The molecule has 0 spiro atoms. The first-order valence-corrected chi connectivity index (χ1v) is 6.31. The van der Waals surface area contributed by atoms with Crippen LogP contribution in [0.5, 0.6) is 5.75 Å². The van der Waals surface area contributed by atoms with Crippen molar-refractivity contribution < 1.29 is 19.7 Å². The Balaban J connectivity index is 1.98. The molecule has 2 unspecified atom stereocenters. The van der Waals surface area contributed by atoms with Crippen LogP contribution in [0.15, 0.2) is 18.2 Å². The van der Waals surface area contributed by atoms with Gasteiger partial charge in [-0.15, -0.1) is 0 Å². The predicted octanol–water partition coefficient (Wildman–Crippen LogP) is 1.44. The van der Waals surface area contributed by atoms with Crippen molar-refractivity contribution in [1.29, 1.82) is 0 Å². The molecule has 4 heteroatoms. The van der Waals surface area contributed by atoms with Gasteiger partial charge in [-0.05, 0) is 42.5 Å². The average Bonchev–Trinajstić information content (AvgIpc) is 2.37. The topological polar surface area (TPSA) is 58.9 Å². The number of methoxy groups -OCH3 is 1. The highest BCUT2D eigenvalue weighted by Crippen LogP contribution is 2.31. The lowest BCUT2D eigenvalue weighted by atomic mass is 9.89. The van der Waals surface area contributed by atoms with Gasteiger partial charge in [0.25, 0.3) is 0 Å². The summed E-state index contributed by atoms with van der Waals surface area (Å²) in [7, 11) is 1.55. The van der Waals surface area contributed by atoms with Crippen LogP contribution in [0.2, 0.25) is 0 Å². The van der Waals surface area contributed by atoms with E-state index in [1.54, 1.807) is 7.11 Å². The van der Waals surface area contributed by atoms with Crippen LogP contribution in [0, 0.1) is 0 Å². The second-order valence-electron chi connectivity index (χ2n) is 4.69. The summed E-state index contributed by atoms with van der Waals surface area (Å²) in [4.78, 5) is 0. The zero-order chi connectivity index (χ0) is 13.0. The standard InChI is InChI=1S/C14H20O4/c1-17-8-11(15)9-18-12-5-6-13-10(7-12)3-2-4-14(13)16/h5-7,11,14-16H,2-4,8-9H2,1H3. The highest BCUT2D eigenvalue weighted by atomic mass is 16.5. The van der Waals surface area contributed by atoms with Gasteiger partial charge in [-0.2, -0.15) is 0 Å². The van der Waals surface area contributed by atoms with E-state index in [1.807, 2.05) is 18.2 Å². The molecule has 0 saturated carbocycles. The van der Waals surface area contributed by atoms with Crippen molar-refractivity contribution in [3.05, 3.63) is 29.3 Å². The van der Waals surface area contributed by atoms with E-state index in [-0.39, 0.29) is 19.3 Å². The number of benzene rings is 1. The SMILES string of the molecule is COCC(O)COc1ccc2c(c1)CCCC2O. The molecule has 2 rings (SSSR count). The molecule has 0 aromatic heterocycles. The van der Waals surface area contributed by atoms with Gasteiger partial charge in [0.2, 0.25) is 0 Å². The molecule has 1 aromatic rings. The third kappa shape index (κ3) is 3.22. The van der Waals surface area contributed by atoms with E-state index in [9.17, 15) is 10.2 Å². The van der Waals surface area contributed by atoms with Crippen molar-refractivity contribution in [1.82, 2.24) is 0 Å². The van der Waals surface area contributed by atoms with E-state index in [0.29, 0.717) is 0 Å². The number of rotatable bonds is 5. The summed E-state index contributed by atoms with van der Waals surface area (Å²) in [6, 6.07) is 5.71. The van der Waals surface area contributed by atoms with Crippen molar-refractivity contribution in [2.45, 2.75) is 31.5 Å². The molecule has 1 aliphatic rings. The summed E-state index contributed by atoms with van der Waals surface area (Å²) in [5, 5.41) is 19.3. The highest BCUT2D eigenvalue weighted by molar-refractivity contribution is 5.38. The summed E-state index contributed by atoms with van der Waals surface area (Å²) >= 11 is 0. The molecular weight excluding hydrogens is 232 g/mol. The molecule has 0 heterocycles. The Morgan fingerprint density at radius 3 is 3.00 bits per heavy atom. The van der Waals surface area contributed by atoms with Crippen molar-refractivity contribution in [2.75, 3.05) is 20.3 Å². The number of fused-ring (bicyclic) bond motifs is 1. The number of aliphatic hydroxyl groups excluding tert-OH is 2. The van der Waals surface area contributed by atoms with E-state index >= 15 is 0 Å². The lowest BCUT2D eigenvalue weighted by molar-refractivity contribution is 0.0325. The molecule has 2 N–H and O–H groups in total. The zero-order valence-corrected chi connectivity index (χ0v) is 10.6. The molecule has 0 aliphatic heterocycles. The largest absolute Gasteiger partial charge is 0.491 e. The number of aliphatic hydroxyl groups is 2. The Morgan fingerprint density at radius 1 is 1.39 bits per heavy atom. The molecule has 0 saturated heterocycles. The number of hydrogen-bond donors (Lipinski definition) is 2. The fraction of sp³-hybridized carbons (Fsp3) is 0.571. The normalized spacial score (nSPS) is 20.3. The third-order valence-electron chi connectivity index (χ3n) is 3.20. The third-order valence-corrected chi connectivity index (χ3v) is 3.20. The Labute approximate surface area is 107 Å². The van der Waals surface area contributed by atoms with Gasteiger partial charge in [0.15, 0.2) is 0 Å². The first-order chi connectivity index (χ1) is 8.70. The van der Waals surface area contributed by atoms with Crippen LogP contribution in [0.25, 0.3) is 0 Å². The number of aryl methyl sites for hydroxylation is 1. The Kier molecular flexibility index (Phi) is 4.58. The minimum absolute atomic E-state index is 0.217. The van der Waals surface area contributed by atoms with Gasteiger partial charge in [-0.3, -0.25) is 0 Å². The first-order valence-electron chi connectivity index (χ1n) is 6.31. The van der Waals surface area contributed by atoms with E-state index in [0.717, 1.165) is 36.1 Å².